The van der Waals surface area contributed by atoms with Crippen LogP contribution >= 0.6 is 23.2 Å². The molecule has 1 aromatic rings. The number of nitrogens with one attached hydrogen (secondary N) is 2. The lowest BCUT2D eigenvalue weighted by atomic mass is 9.70. The molecule has 2 bridgehead atoms. The van der Waals surface area contributed by atoms with Gasteiger partial charge >= 0.3 is 0 Å². The summed E-state index contributed by atoms with van der Waals surface area (Å²) in [6.45, 7) is 6.63. The zero-order valence-electron chi connectivity index (χ0n) is 15.2. The van der Waals surface area contributed by atoms with E-state index in [0.29, 0.717) is 10.9 Å². The molecule has 0 spiro atoms. The van der Waals surface area contributed by atoms with Crippen molar-refractivity contribution in [3.8, 4) is 0 Å². The zero-order valence-corrected chi connectivity index (χ0v) is 16.7. The van der Waals surface area contributed by atoms with Gasteiger partial charge in [-0.3, -0.25) is 9.59 Å². The largest absolute Gasteiger partial charge is 0.343 e. The first-order valence-electron chi connectivity index (χ1n) is 8.74. The van der Waals surface area contributed by atoms with Crippen molar-refractivity contribution in [1.82, 2.24) is 10.7 Å². The second-order valence-electron chi connectivity index (χ2n) is 7.89. The van der Waals surface area contributed by atoms with Crippen LogP contribution < -0.4 is 10.7 Å². The SMILES string of the molecule is CC1(C)[C@@H]2CC[C@@]1(C)/C(=N/NC(=O)CNC(=O)c1ccc(Cl)cc1Cl)C2. The minimum absolute atomic E-state index is 0.0328. The monoisotopic (exact) mass is 395 g/mol. The third-order valence-corrected chi connectivity index (χ3v) is 6.96. The smallest absolute Gasteiger partial charge is 0.259 e. The van der Waals surface area contributed by atoms with Crippen LogP contribution in [0.15, 0.2) is 23.3 Å². The van der Waals surface area contributed by atoms with Crippen molar-refractivity contribution in [3.05, 3.63) is 33.8 Å². The summed E-state index contributed by atoms with van der Waals surface area (Å²) in [7, 11) is 0. The third-order valence-electron chi connectivity index (χ3n) is 6.41. The van der Waals surface area contributed by atoms with Gasteiger partial charge in [0.2, 0.25) is 0 Å². The Morgan fingerprint density at radius 1 is 1.27 bits per heavy atom. The fourth-order valence-electron chi connectivity index (χ4n) is 4.20. The first kappa shape index (κ1) is 19.2. The number of benzene rings is 1. The Morgan fingerprint density at radius 2 is 2.00 bits per heavy atom. The van der Waals surface area contributed by atoms with Crippen molar-refractivity contribution >= 4 is 40.7 Å². The minimum Gasteiger partial charge on any atom is -0.343 e. The Labute approximate surface area is 163 Å². The van der Waals surface area contributed by atoms with Gasteiger partial charge < -0.3 is 5.32 Å². The molecular formula is C19H23Cl2N3O2. The number of rotatable bonds is 4. The predicted octanol–water partition coefficient (Wildman–Crippen LogP) is 4.04. The number of hydrazone groups is 1. The minimum atomic E-state index is -0.428. The standard InChI is InChI=1S/C19H23Cl2N3O2/c1-18(2)11-6-7-19(18,3)15(8-11)23-24-16(25)10-22-17(26)13-5-4-12(20)9-14(13)21/h4-5,9,11H,6-8,10H2,1-3H3,(H,22,26)(H,24,25)/b23-15+/t11-,19+/m1/s1. The molecule has 26 heavy (non-hydrogen) atoms. The Morgan fingerprint density at radius 3 is 2.58 bits per heavy atom. The quantitative estimate of drug-likeness (QED) is 0.754. The molecule has 0 unspecified atom stereocenters. The number of hydrogen-bond donors (Lipinski definition) is 2. The van der Waals surface area contributed by atoms with Crippen LogP contribution in [0, 0.1) is 16.7 Å². The van der Waals surface area contributed by atoms with Crippen molar-refractivity contribution < 1.29 is 9.59 Å². The zero-order chi connectivity index (χ0) is 19.1. The van der Waals surface area contributed by atoms with Crippen LogP contribution in [0.1, 0.15) is 50.4 Å². The highest BCUT2D eigenvalue weighted by atomic mass is 35.5. The number of nitrogens with zero attached hydrogens (tertiary/aromatic N) is 1. The van der Waals surface area contributed by atoms with Crippen LogP contribution in [0.2, 0.25) is 10.0 Å². The van der Waals surface area contributed by atoms with Gasteiger partial charge in [-0.1, -0.05) is 44.0 Å². The van der Waals surface area contributed by atoms with E-state index in [9.17, 15) is 9.59 Å². The van der Waals surface area contributed by atoms with Gasteiger partial charge in [0.05, 0.1) is 17.1 Å². The van der Waals surface area contributed by atoms with Gasteiger partial charge in [0.25, 0.3) is 11.8 Å². The van der Waals surface area contributed by atoms with Crippen LogP contribution in [-0.2, 0) is 4.79 Å². The van der Waals surface area contributed by atoms with E-state index in [4.69, 9.17) is 23.2 Å². The molecule has 0 saturated heterocycles. The number of amides is 2. The second-order valence-corrected chi connectivity index (χ2v) is 8.74. The first-order chi connectivity index (χ1) is 12.1. The Kier molecular flexibility index (Phi) is 5.06. The molecule has 2 fully saturated rings. The van der Waals surface area contributed by atoms with Crippen molar-refractivity contribution in [2.45, 2.75) is 40.0 Å². The topological polar surface area (TPSA) is 70.6 Å². The fourth-order valence-corrected chi connectivity index (χ4v) is 4.69. The van der Waals surface area contributed by atoms with Gasteiger partial charge in [0, 0.05) is 16.1 Å². The second kappa shape index (κ2) is 6.86. The molecule has 7 heteroatoms. The van der Waals surface area contributed by atoms with Gasteiger partial charge in [-0.2, -0.15) is 5.10 Å². The summed E-state index contributed by atoms with van der Waals surface area (Å²) in [6, 6.07) is 4.59. The van der Waals surface area contributed by atoms with Crippen LogP contribution in [-0.4, -0.2) is 24.1 Å². The van der Waals surface area contributed by atoms with Gasteiger partial charge in [0.15, 0.2) is 0 Å². The highest BCUT2D eigenvalue weighted by molar-refractivity contribution is 6.36. The van der Waals surface area contributed by atoms with E-state index in [-0.39, 0.29) is 33.9 Å². The van der Waals surface area contributed by atoms with Crippen molar-refractivity contribution in [3.63, 3.8) is 0 Å². The normalized spacial score (nSPS) is 27.6. The molecule has 0 heterocycles. The molecule has 140 valence electrons. The molecule has 0 aliphatic heterocycles. The van der Waals surface area contributed by atoms with E-state index < -0.39 is 5.91 Å². The summed E-state index contributed by atoms with van der Waals surface area (Å²) in [4.78, 5) is 24.2. The van der Waals surface area contributed by atoms with Crippen LogP contribution in [0.25, 0.3) is 0 Å². The molecule has 2 atom stereocenters. The number of hydrogen-bond acceptors (Lipinski definition) is 3. The fraction of sp³-hybridized carbons (Fsp3) is 0.526. The molecule has 2 N–H and O–H groups in total. The van der Waals surface area contributed by atoms with Crippen LogP contribution in [0.3, 0.4) is 0 Å². The van der Waals surface area contributed by atoms with E-state index in [0.717, 1.165) is 18.6 Å². The number of halogens is 2. The number of fused-ring (bicyclic) bond motifs is 2. The van der Waals surface area contributed by atoms with Gasteiger partial charge in [0.1, 0.15) is 0 Å². The van der Waals surface area contributed by atoms with Crippen molar-refractivity contribution in [2.75, 3.05) is 6.54 Å². The lowest BCUT2D eigenvalue weighted by Gasteiger charge is -2.34. The maximum Gasteiger partial charge on any atom is 0.259 e. The van der Waals surface area contributed by atoms with Crippen molar-refractivity contribution in [1.29, 1.82) is 0 Å². The van der Waals surface area contributed by atoms with Crippen LogP contribution in [0.5, 0.6) is 0 Å². The van der Waals surface area contributed by atoms with E-state index in [1.54, 1.807) is 6.07 Å². The summed E-state index contributed by atoms with van der Waals surface area (Å²) >= 11 is 11.8. The maximum absolute atomic E-state index is 12.1. The molecule has 2 saturated carbocycles. The molecule has 2 aliphatic rings. The lowest BCUT2D eigenvalue weighted by Crippen LogP contribution is -2.37. The average molecular weight is 396 g/mol. The maximum atomic E-state index is 12.1. The molecule has 0 aromatic heterocycles. The van der Waals surface area contributed by atoms with E-state index in [1.165, 1.54) is 18.6 Å². The predicted molar refractivity (Wildman–Crippen MR) is 104 cm³/mol. The summed E-state index contributed by atoms with van der Waals surface area (Å²) in [5.74, 6) is -0.169. The van der Waals surface area contributed by atoms with Crippen LogP contribution in [0.4, 0.5) is 0 Å². The van der Waals surface area contributed by atoms with Gasteiger partial charge in [-0.05, 0) is 48.8 Å². The van der Waals surface area contributed by atoms with E-state index >= 15 is 0 Å². The molecule has 2 amide bonds. The highest BCUT2D eigenvalue weighted by Gasteiger charge is 2.59. The molecule has 2 aliphatic carbocycles. The molecule has 3 rings (SSSR count). The average Bonchev–Trinajstić information content (AvgIpc) is 2.91. The summed E-state index contributed by atoms with van der Waals surface area (Å²) in [5, 5.41) is 7.61. The molecule has 1 aromatic carbocycles. The molecule has 5 nitrogen and oxygen atoms in total. The van der Waals surface area contributed by atoms with Gasteiger partial charge in [-0.25, -0.2) is 5.43 Å². The number of carbonyl (C=O) groups excluding carboxylic acids is 2. The van der Waals surface area contributed by atoms with E-state index in [2.05, 4.69) is 36.6 Å². The van der Waals surface area contributed by atoms with E-state index in [1.807, 2.05) is 0 Å². The van der Waals surface area contributed by atoms with Crippen molar-refractivity contribution in [2.24, 2.45) is 21.8 Å². The summed E-state index contributed by atoms with van der Waals surface area (Å²) in [5.41, 5.74) is 4.15. The highest BCUT2D eigenvalue weighted by Crippen LogP contribution is 2.63. The van der Waals surface area contributed by atoms with Gasteiger partial charge in [-0.15, -0.1) is 0 Å². The summed E-state index contributed by atoms with van der Waals surface area (Å²) < 4.78 is 0. The Bertz CT molecular complexity index is 791. The third kappa shape index (κ3) is 3.23. The molecule has 0 radical (unpaired) electrons. The number of carbonyl (C=O) groups is 2. The summed E-state index contributed by atoms with van der Waals surface area (Å²) in [6.07, 6.45) is 3.25. The first-order valence-corrected chi connectivity index (χ1v) is 9.50. The Balaban J connectivity index is 1.56. The lowest BCUT2D eigenvalue weighted by molar-refractivity contribution is -0.120. The Hall–Kier alpha value is -1.59. The molecular weight excluding hydrogens is 373 g/mol.